The van der Waals surface area contributed by atoms with Crippen LogP contribution in [-0.2, 0) is 31.7 Å². The molecule has 0 fully saturated rings. The molecule has 8 heteroatoms. The van der Waals surface area contributed by atoms with Crippen molar-refractivity contribution in [2.24, 2.45) is 0 Å². The van der Waals surface area contributed by atoms with Crippen molar-refractivity contribution in [2.75, 3.05) is 32.2 Å². The molecule has 0 bridgehead atoms. The predicted molar refractivity (Wildman–Crippen MR) is 93.9 cm³/mol. The van der Waals surface area contributed by atoms with Gasteiger partial charge < -0.3 is 14.4 Å². The van der Waals surface area contributed by atoms with Gasteiger partial charge in [-0.05, 0) is 40.0 Å². The molecule has 1 heterocycles. The number of nitrogens with zero attached hydrogens (tertiary/aromatic N) is 1. The van der Waals surface area contributed by atoms with Crippen LogP contribution in [0.1, 0.15) is 18.9 Å². The lowest BCUT2D eigenvalue weighted by Gasteiger charge is -2.16. The smallest absolute Gasteiger partial charge is 0.223 e. The maximum Gasteiger partial charge on any atom is 0.223 e. The van der Waals surface area contributed by atoms with Gasteiger partial charge in [0.25, 0.3) is 0 Å². The van der Waals surface area contributed by atoms with E-state index in [4.69, 9.17) is 0 Å². The number of aldehydes is 1. The van der Waals surface area contributed by atoms with E-state index < -0.39 is 11.0 Å². The topological polar surface area (TPSA) is 75.7 Å². The molecular formula is C15H21BrN2O4S. The molecule has 0 spiro atoms. The Balaban J connectivity index is 0.000000816. The number of ether oxygens (including phenoxy) is 1. The Kier molecular flexibility index (Phi) is 8.60. The Morgan fingerprint density at radius 1 is 1.48 bits per heavy atom. The fraction of sp³-hybridized carbons (Fsp3) is 0.467. The Bertz CT molecular complexity index is 595. The zero-order chi connectivity index (χ0) is 17.4. The molecule has 6 nitrogen and oxygen atoms in total. The summed E-state index contributed by atoms with van der Waals surface area (Å²) in [6.45, 7) is 2.54. The minimum Gasteiger partial charge on any atom is -0.388 e. The molecule has 128 valence electrons. The Hall–Kier alpha value is -1.09. The first kappa shape index (κ1) is 20.0. The van der Waals surface area contributed by atoms with Crippen molar-refractivity contribution in [3.8, 4) is 0 Å². The van der Waals surface area contributed by atoms with Crippen LogP contribution in [0.2, 0.25) is 0 Å². The van der Waals surface area contributed by atoms with Gasteiger partial charge in [-0.2, -0.15) is 0 Å². The lowest BCUT2D eigenvalue weighted by Crippen LogP contribution is -2.26. The van der Waals surface area contributed by atoms with Crippen molar-refractivity contribution in [1.29, 1.82) is 0 Å². The van der Waals surface area contributed by atoms with Crippen molar-refractivity contribution < 1.29 is 18.5 Å². The van der Waals surface area contributed by atoms with Gasteiger partial charge in [-0.1, -0.05) is 0 Å². The van der Waals surface area contributed by atoms with E-state index in [0.717, 1.165) is 28.4 Å². The van der Waals surface area contributed by atoms with Crippen LogP contribution >= 0.6 is 15.9 Å². The van der Waals surface area contributed by atoms with Crippen molar-refractivity contribution in [3.05, 3.63) is 22.2 Å². The summed E-state index contributed by atoms with van der Waals surface area (Å²) >= 11 is 3.41. The van der Waals surface area contributed by atoms with Crippen LogP contribution in [0.4, 0.5) is 5.69 Å². The number of carbonyl (C=O) groups excluding carboxylic acids is 2. The van der Waals surface area contributed by atoms with Crippen molar-refractivity contribution in [1.82, 2.24) is 4.72 Å². The molecule has 1 unspecified atom stereocenters. The number of anilines is 1. The van der Waals surface area contributed by atoms with Gasteiger partial charge in [-0.3, -0.25) is 4.79 Å². The average molecular weight is 405 g/mol. The maximum atomic E-state index is 12.2. The highest BCUT2D eigenvalue weighted by Gasteiger charge is 2.24. The van der Waals surface area contributed by atoms with Crippen molar-refractivity contribution in [2.45, 2.75) is 24.7 Å². The zero-order valence-corrected chi connectivity index (χ0v) is 15.8. The van der Waals surface area contributed by atoms with Crippen LogP contribution in [0.3, 0.4) is 0 Å². The lowest BCUT2D eigenvalue weighted by atomic mass is 10.2. The summed E-state index contributed by atoms with van der Waals surface area (Å²) in [6.07, 6.45) is 1.90. The summed E-state index contributed by atoms with van der Waals surface area (Å²) in [5.41, 5.74) is 1.89. The Morgan fingerprint density at radius 3 is 2.70 bits per heavy atom. The Morgan fingerprint density at radius 2 is 2.13 bits per heavy atom. The molecule has 0 saturated heterocycles. The first-order chi connectivity index (χ1) is 11.0. The number of fused-ring (bicyclic) bond motifs is 1. The summed E-state index contributed by atoms with van der Waals surface area (Å²) < 4.78 is 19.9. The number of benzene rings is 1. The average Bonchev–Trinajstić information content (AvgIpc) is 2.90. The van der Waals surface area contributed by atoms with E-state index in [1.54, 1.807) is 25.2 Å². The minimum atomic E-state index is -1.41. The highest BCUT2D eigenvalue weighted by Crippen LogP contribution is 2.34. The molecule has 1 atom stereocenters. The van der Waals surface area contributed by atoms with E-state index in [1.165, 1.54) is 6.92 Å². The summed E-state index contributed by atoms with van der Waals surface area (Å²) in [7, 11) is 1.84. The molecule has 1 aliphatic heterocycles. The number of rotatable bonds is 5. The van der Waals surface area contributed by atoms with E-state index in [0.29, 0.717) is 24.4 Å². The van der Waals surface area contributed by atoms with E-state index in [1.807, 2.05) is 6.07 Å². The molecule has 2 rings (SSSR count). The maximum absolute atomic E-state index is 12.2. The molecule has 0 aliphatic carbocycles. The van der Waals surface area contributed by atoms with Gasteiger partial charge in [0, 0.05) is 50.8 Å². The number of methoxy groups -OCH3 is 1. The van der Waals surface area contributed by atoms with E-state index >= 15 is 0 Å². The minimum absolute atomic E-state index is 0.0169. The lowest BCUT2D eigenvalue weighted by molar-refractivity contribution is -0.116. The van der Waals surface area contributed by atoms with Crippen LogP contribution in [0.15, 0.2) is 21.5 Å². The van der Waals surface area contributed by atoms with Gasteiger partial charge in [0.1, 0.15) is 17.3 Å². The third-order valence-electron chi connectivity index (χ3n) is 3.10. The summed E-state index contributed by atoms with van der Waals surface area (Å²) in [5.74, 6) is -0.0169. The molecule has 0 aromatic heterocycles. The van der Waals surface area contributed by atoms with Gasteiger partial charge >= 0.3 is 0 Å². The normalized spacial score (nSPS) is 13.8. The van der Waals surface area contributed by atoms with Crippen LogP contribution < -0.4 is 9.62 Å². The second kappa shape index (κ2) is 9.92. The molecular weight excluding hydrogens is 384 g/mol. The Labute approximate surface area is 147 Å². The number of amides is 1. The van der Waals surface area contributed by atoms with Crippen molar-refractivity contribution in [3.63, 3.8) is 0 Å². The molecule has 0 saturated carbocycles. The van der Waals surface area contributed by atoms with Crippen LogP contribution in [0, 0.1) is 0 Å². The molecule has 1 aromatic carbocycles. The third kappa shape index (κ3) is 5.49. The van der Waals surface area contributed by atoms with Gasteiger partial charge in [0.05, 0.1) is 4.90 Å². The number of hydrogen-bond donors (Lipinski definition) is 1. The van der Waals surface area contributed by atoms with Crippen LogP contribution in [0.5, 0.6) is 0 Å². The first-order valence-electron chi connectivity index (χ1n) is 7.05. The molecule has 1 N–H and O–H groups in total. The summed E-state index contributed by atoms with van der Waals surface area (Å²) in [4.78, 5) is 24.1. The van der Waals surface area contributed by atoms with E-state index in [2.05, 4.69) is 25.4 Å². The van der Waals surface area contributed by atoms with E-state index in [-0.39, 0.29) is 5.91 Å². The molecule has 0 radical (unpaired) electrons. The molecule has 23 heavy (non-hydrogen) atoms. The number of halogens is 1. The number of hydrogen-bond acceptors (Lipinski definition) is 4. The fourth-order valence-electron chi connectivity index (χ4n) is 2.15. The van der Waals surface area contributed by atoms with E-state index in [9.17, 15) is 13.8 Å². The van der Waals surface area contributed by atoms with Crippen molar-refractivity contribution >= 4 is 44.8 Å². The second-order valence-electron chi connectivity index (χ2n) is 4.86. The number of carbonyl (C=O) groups is 2. The highest BCUT2D eigenvalue weighted by molar-refractivity contribution is 9.10. The second-order valence-corrected chi connectivity index (χ2v) is 6.98. The van der Waals surface area contributed by atoms with Gasteiger partial charge in [-0.15, -0.1) is 0 Å². The van der Waals surface area contributed by atoms with Crippen LogP contribution in [-0.4, -0.2) is 43.7 Å². The fourth-order valence-corrected chi connectivity index (χ4v) is 3.89. The largest absolute Gasteiger partial charge is 0.388 e. The quantitative estimate of drug-likeness (QED) is 0.599. The van der Waals surface area contributed by atoms with Gasteiger partial charge in [-0.25, -0.2) is 8.93 Å². The molecule has 1 amide bonds. The SMILES string of the molecule is CC(=O)N1CCc2cc(Br)c(S(=O)NCCC=O)cc21.COC. The highest BCUT2D eigenvalue weighted by atomic mass is 79.9. The zero-order valence-electron chi connectivity index (χ0n) is 13.4. The van der Waals surface area contributed by atoms with Gasteiger partial charge in [0.2, 0.25) is 5.91 Å². The monoisotopic (exact) mass is 404 g/mol. The summed E-state index contributed by atoms with van der Waals surface area (Å²) in [5, 5.41) is 0. The number of nitrogens with one attached hydrogen (secondary N) is 1. The molecule has 1 aromatic rings. The summed E-state index contributed by atoms with van der Waals surface area (Å²) in [6, 6.07) is 3.69. The predicted octanol–water partition coefficient (Wildman–Crippen LogP) is 1.82. The van der Waals surface area contributed by atoms with Gasteiger partial charge in [0.15, 0.2) is 0 Å². The van der Waals surface area contributed by atoms with Crippen LogP contribution in [0.25, 0.3) is 0 Å². The third-order valence-corrected chi connectivity index (χ3v) is 5.23. The molecule has 1 aliphatic rings. The standard InChI is InChI=1S/C13H15BrN2O3S.C2H6O/c1-9(18)16-5-3-10-7-11(14)13(8-12(10)16)20(19)15-4-2-6-17;1-3-2/h6-8,15H,2-5H2,1H3;1-2H3. The first-order valence-corrected chi connectivity index (χ1v) is 9.00.